The number of rotatable bonds is 0. The molecule has 2 aromatic carbocycles. The van der Waals surface area contributed by atoms with E-state index in [0.29, 0.717) is 5.75 Å². The third-order valence-electron chi connectivity index (χ3n) is 2.42. The molecule has 0 fully saturated rings. The first kappa shape index (κ1) is 9.42. The molecule has 0 atom stereocenters. The van der Waals surface area contributed by atoms with Crippen molar-refractivity contribution in [1.82, 2.24) is 0 Å². The van der Waals surface area contributed by atoms with Crippen LogP contribution in [0.4, 0.5) is 0 Å². The summed E-state index contributed by atoms with van der Waals surface area (Å²) >= 11 is 4.04. The average Bonchev–Trinajstić information content (AvgIpc) is 2.53. The smallest absolute Gasteiger partial charge is 0.117 e. The summed E-state index contributed by atoms with van der Waals surface area (Å²) in [5.74, 6) is 0.337. The highest BCUT2D eigenvalue weighted by atomic mass is 127. The quantitative estimate of drug-likeness (QED) is 0.609. The van der Waals surface area contributed by atoms with Crippen LogP contribution in [0.3, 0.4) is 0 Å². The minimum Gasteiger partial charge on any atom is -0.508 e. The highest BCUT2D eigenvalue weighted by Gasteiger charge is 2.05. The summed E-state index contributed by atoms with van der Waals surface area (Å²) in [5, 5.41) is 11.9. The van der Waals surface area contributed by atoms with Gasteiger partial charge in [-0.3, -0.25) is 0 Å². The van der Waals surface area contributed by atoms with Crippen molar-refractivity contribution in [2.24, 2.45) is 0 Å². The van der Waals surface area contributed by atoms with Gasteiger partial charge < -0.3 is 5.11 Å². The molecule has 0 saturated heterocycles. The predicted molar refractivity (Wildman–Crippen MR) is 73.7 cm³/mol. The molecule has 0 aliphatic heterocycles. The molecule has 1 nitrogen and oxygen atoms in total. The van der Waals surface area contributed by atoms with Crippen LogP contribution < -0.4 is 0 Å². The highest BCUT2D eigenvalue weighted by Crippen LogP contribution is 2.36. The summed E-state index contributed by atoms with van der Waals surface area (Å²) < 4.78 is 3.67. The van der Waals surface area contributed by atoms with E-state index in [9.17, 15) is 5.11 Å². The van der Waals surface area contributed by atoms with Crippen LogP contribution in [-0.4, -0.2) is 5.11 Å². The maximum absolute atomic E-state index is 9.42. The van der Waals surface area contributed by atoms with Gasteiger partial charge >= 0.3 is 0 Å². The van der Waals surface area contributed by atoms with E-state index in [1.54, 1.807) is 17.4 Å². The summed E-state index contributed by atoms with van der Waals surface area (Å²) in [7, 11) is 0. The number of aromatic hydroxyl groups is 1. The molecule has 0 amide bonds. The second kappa shape index (κ2) is 3.35. The van der Waals surface area contributed by atoms with Crippen molar-refractivity contribution < 1.29 is 5.11 Å². The van der Waals surface area contributed by atoms with Gasteiger partial charge in [0, 0.05) is 23.7 Å². The molecule has 1 N–H and O–H groups in total. The van der Waals surface area contributed by atoms with Crippen LogP contribution in [0.5, 0.6) is 5.75 Å². The van der Waals surface area contributed by atoms with Gasteiger partial charge in [0.15, 0.2) is 0 Å². The van der Waals surface area contributed by atoms with Crippen molar-refractivity contribution in [3.63, 3.8) is 0 Å². The number of hydrogen-bond acceptors (Lipinski definition) is 2. The van der Waals surface area contributed by atoms with E-state index in [1.165, 1.54) is 19.0 Å². The van der Waals surface area contributed by atoms with E-state index < -0.39 is 0 Å². The van der Waals surface area contributed by atoms with Crippen molar-refractivity contribution in [2.45, 2.75) is 0 Å². The Bertz CT molecular complexity index is 601. The van der Waals surface area contributed by atoms with E-state index in [4.69, 9.17) is 0 Å². The Labute approximate surface area is 104 Å². The molecule has 3 aromatic rings. The Morgan fingerprint density at radius 2 is 1.60 bits per heavy atom. The van der Waals surface area contributed by atoms with E-state index >= 15 is 0 Å². The van der Waals surface area contributed by atoms with E-state index in [1.807, 2.05) is 12.1 Å². The lowest BCUT2D eigenvalue weighted by Gasteiger charge is -1.92. The van der Waals surface area contributed by atoms with Gasteiger partial charge in [-0.15, -0.1) is 11.3 Å². The van der Waals surface area contributed by atoms with Crippen molar-refractivity contribution in [1.29, 1.82) is 0 Å². The fraction of sp³-hybridized carbons (Fsp3) is 0. The molecule has 1 heterocycles. The largest absolute Gasteiger partial charge is 0.508 e. The zero-order chi connectivity index (χ0) is 10.4. The van der Waals surface area contributed by atoms with Crippen LogP contribution in [0.25, 0.3) is 20.2 Å². The first-order valence-corrected chi connectivity index (χ1v) is 6.44. The fourth-order valence-corrected chi connectivity index (χ4v) is 3.62. The third-order valence-corrected chi connectivity index (χ3v) is 4.21. The molecule has 0 spiro atoms. The molecule has 3 heteroatoms. The summed E-state index contributed by atoms with van der Waals surface area (Å²) in [5.41, 5.74) is 0. The van der Waals surface area contributed by atoms with Crippen LogP contribution in [0, 0.1) is 3.57 Å². The van der Waals surface area contributed by atoms with Gasteiger partial charge in [-0.2, -0.15) is 0 Å². The highest BCUT2D eigenvalue weighted by molar-refractivity contribution is 14.1. The number of halogens is 1. The monoisotopic (exact) mass is 326 g/mol. The number of fused-ring (bicyclic) bond motifs is 3. The van der Waals surface area contributed by atoms with E-state index in [-0.39, 0.29) is 0 Å². The Morgan fingerprint density at radius 3 is 2.40 bits per heavy atom. The predicted octanol–water partition coefficient (Wildman–Crippen LogP) is 4.36. The lowest BCUT2D eigenvalue weighted by molar-refractivity contribution is 0.476. The SMILES string of the molecule is Oc1ccc2c(c1)sc1cc(I)ccc12. The standard InChI is InChI=1S/C12H7IOS/c13-7-1-3-9-10-4-2-8(14)6-12(10)15-11(9)5-7/h1-6,14H. The summed E-state index contributed by atoms with van der Waals surface area (Å²) in [4.78, 5) is 0. The van der Waals surface area contributed by atoms with Gasteiger partial charge in [0.05, 0.1) is 0 Å². The van der Waals surface area contributed by atoms with E-state index in [2.05, 4.69) is 40.8 Å². The van der Waals surface area contributed by atoms with Gasteiger partial charge in [-0.05, 0) is 52.9 Å². The average molecular weight is 326 g/mol. The number of phenolic OH excluding ortho intramolecular Hbond substituents is 1. The summed E-state index contributed by atoms with van der Waals surface area (Å²) in [6.07, 6.45) is 0. The van der Waals surface area contributed by atoms with Crippen LogP contribution in [0.15, 0.2) is 36.4 Å². The Hall–Kier alpha value is -0.810. The topological polar surface area (TPSA) is 20.2 Å². The maximum Gasteiger partial charge on any atom is 0.117 e. The lowest BCUT2D eigenvalue weighted by Crippen LogP contribution is -1.68. The number of benzene rings is 2. The Balaban J connectivity index is 2.51. The molecular formula is C12H7IOS. The van der Waals surface area contributed by atoms with Crippen LogP contribution >= 0.6 is 33.9 Å². The second-order valence-electron chi connectivity index (χ2n) is 3.42. The van der Waals surface area contributed by atoms with Crippen LogP contribution in [-0.2, 0) is 0 Å². The van der Waals surface area contributed by atoms with Gasteiger partial charge in [0.25, 0.3) is 0 Å². The zero-order valence-electron chi connectivity index (χ0n) is 7.70. The Morgan fingerprint density at radius 1 is 0.933 bits per heavy atom. The maximum atomic E-state index is 9.42. The van der Waals surface area contributed by atoms with Gasteiger partial charge in [-0.25, -0.2) is 0 Å². The molecule has 0 aliphatic rings. The molecular weight excluding hydrogens is 319 g/mol. The lowest BCUT2D eigenvalue weighted by atomic mass is 10.1. The van der Waals surface area contributed by atoms with Crippen molar-refractivity contribution in [3.05, 3.63) is 40.0 Å². The van der Waals surface area contributed by atoms with Crippen LogP contribution in [0.2, 0.25) is 0 Å². The molecule has 3 rings (SSSR count). The van der Waals surface area contributed by atoms with Gasteiger partial charge in [0.2, 0.25) is 0 Å². The third kappa shape index (κ3) is 1.50. The normalized spacial score (nSPS) is 11.3. The minimum atomic E-state index is 0.337. The molecule has 74 valence electrons. The molecule has 0 bridgehead atoms. The summed E-state index contributed by atoms with van der Waals surface area (Å²) in [6, 6.07) is 12.0. The second-order valence-corrected chi connectivity index (χ2v) is 5.75. The molecule has 15 heavy (non-hydrogen) atoms. The van der Waals surface area contributed by atoms with Crippen molar-refractivity contribution in [2.75, 3.05) is 0 Å². The Kier molecular flexibility index (Phi) is 2.10. The first-order valence-electron chi connectivity index (χ1n) is 4.55. The first-order chi connectivity index (χ1) is 7.24. The molecule has 0 unspecified atom stereocenters. The van der Waals surface area contributed by atoms with Gasteiger partial charge in [0.1, 0.15) is 5.75 Å². The number of thiophene rings is 1. The molecule has 0 saturated carbocycles. The minimum absolute atomic E-state index is 0.337. The molecule has 0 aliphatic carbocycles. The molecule has 1 aromatic heterocycles. The fourth-order valence-electron chi connectivity index (χ4n) is 1.74. The zero-order valence-corrected chi connectivity index (χ0v) is 10.7. The van der Waals surface area contributed by atoms with Crippen molar-refractivity contribution >= 4 is 54.1 Å². The van der Waals surface area contributed by atoms with Gasteiger partial charge in [-0.1, -0.05) is 6.07 Å². The summed E-state index contributed by atoms with van der Waals surface area (Å²) in [6.45, 7) is 0. The molecule has 0 radical (unpaired) electrons. The van der Waals surface area contributed by atoms with Crippen LogP contribution in [0.1, 0.15) is 0 Å². The number of hydrogen-bond donors (Lipinski definition) is 1. The number of phenols is 1. The van der Waals surface area contributed by atoms with E-state index in [0.717, 1.165) is 4.70 Å². The van der Waals surface area contributed by atoms with Crippen molar-refractivity contribution in [3.8, 4) is 5.75 Å².